The molecule has 1 aromatic heterocycles. The molecule has 0 unspecified atom stereocenters. The maximum absolute atomic E-state index is 13.0. The lowest BCUT2D eigenvalue weighted by Gasteiger charge is -2.26. The summed E-state index contributed by atoms with van der Waals surface area (Å²) in [7, 11) is 0. The summed E-state index contributed by atoms with van der Waals surface area (Å²) in [6.07, 6.45) is 2.86. The Balaban J connectivity index is 2.85. The highest BCUT2D eigenvalue weighted by Gasteiger charge is 2.19. The predicted octanol–water partition coefficient (Wildman–Crippen LogP) is 1.75. The van der Waals surface area contributed by atoms with E-state index in [2.05, 4.69) is 4.98 Å². The van der Waals surface area contributed by atoms with Crippen molar-refractivity contribution < 1.29 is 9.18 Å². The van der Waals surface area contributed by atoms with Crippen molar-refractivity contribution in [2.24, 2.45) is 5.73 Å². The molecule has 1 rings (SSSR count). The van der Waals surface area contributed by atoms with E-state index in [0.717, 1.165) is 6.20 Å². The van der Waals surface area contributed by atoms with Gasteiger partial charge in [0.15, 0.2) is 0 Å². The van der Waals surface area contributed by atoms with E-state index in [0.29, 0.717) is 18.0 Å². The highest BCUT2D eigenvalue weighted by Crippen LogP contribution is 2.09. The van der Waals surface area contributed by atoms with Crippen molar-refractivity contribution in [1.82, 2.24) is 9.88 Å². The first-order chi connectivity index (χ1) is 8.41. The van der Waals surface area contributed by atoms with Gasteiger partial charge in [-0.3, -0.25) is 9.78 Å². The SMILES string of the molecule is CC(C)N(CCC(N)=S)C(=O)c1cncc(F)c1. The number of carbonyl (C=O) groups excluding carboxylic acids is 1. The molecule has 98 valence electrons. The molecule has 0 radical (unpaired) electrons. The van der Waals surface area contributed by atoms with Gasteiger partial charge in [-0.25, -0.2) is 4.39 Å². The number of aromatic nitrogens is 1. The molecule has 0 aliphatic rings. The van der Waals surface area contributed by atoms with Gasteiger partial charge in [-0.1, -0.05) is 12.2 Å². The predicted molar refractivity (Wildman–Crippen MR) is 71.8 cm³/mol. The van der Waals surface area contributed by atoms with Crippen molar-refractivity contribution in [2.45, 2.75) is 26.3 Å². The zero-order chi connectivity index (χ0) is 13.7. The number of hydrogen-bond acceptors (Lipinski definition) is 3. The molecule has 1 heterocycles. The lowest BCUT2D eigenvalue weighted by atomic mass is 10.2. The summed E-state index contributed by atoms with van der Waals surface area (Å²) in [6.45, 7) is 4.18. The first kappa shape index (κ1) is 14.5. The molecule has 2 N–H and O–H groups in total. The van der Waals surface area contributed by atoms with Crippen LogP contribution in [0.5, 0.6) is 0 Å². The van der Waals surface area contributed by atoms with Gasteiger partial charge < -0.3 is 10.6 Å². The molecule has 0 fully saturated rings. The van der Waals surface area contributed by atoms with Crippen LogP contribution in [0.3, 0.4) is 0 Å². The van der Waals surface area contributed by atoms with Crippen molar-refractivity contribution in [1.29, 1.82) is 0 Å². The fourth-order valence-electron chi connectivity index (χ4n) is 1.52. The molecule has 0 aromatic carbocycles. The van der Waals surface area contributed by atoms with E-state index in [-0.39, 0.29) is 17.5 Å². The number of rotatable bonds is 5. The molecule has 0 aliphatic carbocycles. The minimum Gasteiger partial charge on any atom is -0.393 e. The summed E-state index contributed by atoms with van der Waals surface area (Å²) in [5, 5.41) is 0. The van der Waals surface area contributed by atoms with E-state index >= 15 is 0 Å². The molecule has 0 aliphatic heterocycles. The molecule has 0 saturated carbocycles. The van der Waals surface area contributed by atoms with Crippen LogP contribution in [0.15, 0.2) is 18.5 Å². The Kier molecular flexibility index (Phi) is 5.15. The Morgan fingerprint density at radius 2 is 2.22 bits per heavy atom. The normalized spacial score (nSPS) is 10.4. The second kappa shape index (κ2) is 6.39. The number of pyridine rings is 1. The smallest absolute Gasteiger partial charge is 0.255 e. The summed E-state index contributed by atoms with van der Waals surface area (Å²) >= 11 is 4.79. The molecule has 1 aromatic rings. The van der Waals surface area contributed by atoms with Gasteiger partial charge >= 0.3 is 0 Å². The second-order valence-electron chi connectivity index (χ2n) is 4.20. The van der Waals surface area contributed by atoms with Crippen molar-refractivity contribution in [3.8, 4) is 0 Å². The van der Waals surface area contributed by atoms with Crippen LogP contribution in [0.1, 0.15) is 30.6 Å². The fraction of sp³-hybridized carbons (Fsp3) is 0.417. The highest BCUT2D eigenvalue weighted by molar-refractivity contribution is 7.80. The average Bonchev–Trinajstić information content (AvgIpc) is 2.28. The first-order valence-corrected chi connectivity index (χ1v) is 6.02. The molecule has 18 heavy (non-hydrogen) atoms. The summed E-state index contributed by atoms with van der Waals surface area (Å²) in [5.41, 5.74) is 5.65. The molecule has 0 atom stereocenters. The van der Waals surface area contributed by atoms with Crippen molar-refractivity contribution >= 4 is 23.1 Å². The molecular weight excluding hydrogens is 253 g/mol. The van der Waals surface area contributed by atoms with Gasteiger partial charge in [0.2, 0.25) is 0 Å². The van der Waals surface area contributed by atoms with Crippen molar-refractivity contribution in [3.05, 3.63) is 29.8 Å². The monoisotopic (exact) mass is 269 g/mol. The molecule has 0 saturated heterocycles. The lowest BCUT2D eigenvalue weighted by molar-refractivity contribution is 0.0710. The van der Waals surface area contributed by atoms with E-state index < -0.39 is 5.82 Å². The van der Waals surface area contributed by atoms with Crippen LogP contribution in [0.4, 0.5) is 4.39 Å². The van der Waals surface area contributed by atoms with Gasteiger partial charge in [0.05, 0.1) is 16.7 Å². The zero-order valence-electron chi connectivity index (χ0n) is 10.4. The third-order valence-electron chi connectivity index (χ3n) is 2.44. The standard InChI is InChI=1S/C12H16FN3OS/c1-8(2)16(4-3-11(14)18)12(17)9-5-10(13)7-15-6-9/h5-8H,3-4H2,1-2H3,(H2,14,18). The van der Waals surface area contributed by atoms with Crippen LogP contribution < -0.4 is 5.73 Å². The van der Waals surface area contributed by atoms with Gasteiger partial charge in [-0.2, -0.15) is 0 Å². The number of amides is 1. The van der Waals surface area contributed by atoms with Crippen LogP contribution in [0.25, 0.3) is 0 Å². The van der Waals surface area contributed by atoms with Crippen LogP contribution in [-0.2, 0) is 0 Å². The van der Waals surface area contributed by atoms with Crippen LogP contribution in [-0.4, -0.2) is 33.4 Å². The Morgan fingerprint density at radius 1 is 1.56 bits per heavy atom. The van der Waals surface area contributed by atoms with Crippen molar-refractivity contribution in [2.75, 3.05) is 6.54 Å². The fourth-order valence-corrected chi connectivity index (χ4v) is 1.61. The maximum Gasteiger partial charge on any atom is 0.255 e. The van der Waals surface area contributed by atoms with Gasteiger partial charge in [0.1, 0.15) is 5.82 Å². The highest BCUT2D eigenvalue weighted by atomic mass is 32.1. The minimum absolute atomic E-state index is 0.0184. The topological polar surface area (TPSA) is 59.2 Å². The molecular formula is C12H16FN3OS. The Labute approximate surface area is 111 Å². The zero-order valence-corrected chi connectivity index (χ0v) is 11.2. The largest absolute Gasteiger partial charge is 0.393 e. The van der Waals surface area contributed by atoms with E-state index in [1.165, 1.54) is 12.3 Å². The minimum atomic E-state index is -0.529. The lowest BCUT2D eigenvalue weighted by Crippen LogP contribution is -2.39. The number of nitrogens with zero attached hydrogens (tertiary/aromatic N) is 2. The molecule has 6 heteroatoms. The van der Waals surface area contributed by atoms with Gasteiger partial charge in [-0.15, -0.1) is 0 Å². The van der Waals surface area contributed by atoms with E-state index in [4.69, 9.17) is 18.0 Å². The second-order valence-corrected chi connectivity index (χ2v) is 4.72. The van der Waals surface area contributed by atoms with Crippen LogP contribution in [0.2, 0.25) is 0 Å². The Hall–Kier alpha value is -1.56. The van der Waals surface area contributed by atoms with Gasteiger partial charge in [-0.05, 0) is 19.9 Å². The molecule has 0 spiro atoms. The molecule has 4 nitrogen and oxygen atoms in total. The molecule has 1 amide bonds. The quantitative estimate of drug-likeness (QED) is 0.827. The number of carbonyl (C=O) groups is 1. The summed E-state index contributed by atoms with van der Waals surface area (Å²) in [4.78, 5) is 17.8. The number of thiocarbonyl (C=S) groups is 1. The summed E-state index contributed by atoms with van der Waals surface area (Å²) in [6, 6.07) is 1.15. The Bertz CT molecular complexity index is 451. The Morgan fingerprint density at radius 3 is 2.72 bits per heavy atom. The van der Waals surface area contributed by atoms with E-state index in [9.17, 15) is 9.18 Å². The average molecular weight is 269 g/mol. The van der Waals surface area contributed by atoms with Gasteiger partial charge in [0, 0.05) is 25.2 Å². The van der Waals surface area contributed by atoms with Crippen LogP contribution in [0, 0.1) is 5.82 Å². The third kappa shape index (κ3) is 4.03. The number of halogens is 1. The maximum atomic E-state index is 13.0. The first-order valence-electron chi connectivity index (χ1n) is 5.61. The number of nitrogens with two attached hydrogens (primary N) is 1. The van der Waals surface area contributed by atoms with E-state index in [1.54, 1.807) is 4.90 Å². The molecule has 0 bridgehead atoms. The van der Waals surface area contributed by atoms with Crippen LogP contribution >= 0.6 is 12.2 Å². The summed E-state index contributed by atoms with van der Waals surface area (Å²) in [5.74, 6) is -0.799. The third-order valence-corrected chi connectivity index (χ3v) is 2.64. The van der Waals surface area contributed by atoms with Crippen molar-refractivity contribution in [3.63, 3.8) is 0 Å². The van der Waals surface area contributed by atoms with E-state index in [1.807, 2.05) is 13.8 Å². The summed E-state index contributed by atoms with van der Waals surface area (Å²) < 4.78 is 13.0. The number of hydrogen-bond donors (Lipinski definition) is 1. The van der Waals surface area contributed by atoms with Gasteiger partial charge in [0.25, 0.3) is 5.91 Å².